The third-order valence-corrected chi connectivity index (χ3v) is 3.29. The molecule has 0 aliphatic heterocycles. The molecule has 0 aromatic heterocycles. The fourth-order valence-electron chi connectivity index (χ4n) is 2.10. The summed E-state index contributed by atoms with van der Waals surface area (Å²) >= 11 is 0. The van der Waals surface area contributed by atoms with Crippen LogP contribution in [0.25, 0.3) is 0 Å². The molecule has 0 fully saturated rings. The number of carbonyl (C=O) groups is 1. The minimum atomic E-state index is -0.880. The van der Waals surface area contributed by atoms with E-state index in [-0.39, 0.29) is 0 Å². The maximum absolute atomic E-state index is 10.8. The first-order chi connectivity index (χ1) is 9.69. The second-order valence-corrected chi connectivity index (χ2v) is 4.70. The normalized spacial score (nSPS) is 10.2. The summed E-state index contributed by atoms with van der Waals surface area (Å²) in [6.45, 7) is 0. The summed E-state index contributed by atoms with van der Waals surface area (Å²) in [5, 5.41) is 8.83. The van der Waals surface area contributed by atoms with Gasteiger partial charge in [-0.15, -0.1) is 0 Å². The van der Waals surface area contributed by atoms with Crippen molar-refractivity contribution < 1.29 is 14.6 Å². The van der Waals surface area contributed by atoms with Crippen LogP contribution in [-0.4, -0.2) is 18.2 Å². The Morgan fingerprint density at radius 3 is 1.90 bits per heavy atom. The van der Waals surface area contributed by atoms with Crippen molar-refractivity contribution in [2.75, 3.05) is 7.11 Å². The molecule has 0 unspecified atom stereocenters. The molecule has 3 heteroatoms. The van der Waals surface area contributed by atoms with Crippen LogP contribution < -0.4 is 4.74 Å². The Hall–Kier alpha value is -2.29. The van der Waals surface area contributed by atoms with Gasteiger partial charge in [-0.1, -0.05) is 24.3 Å². The van der Waals surface area contributed by atoms with Gasteiger partial charge in [-0.2, -0.15) is 0 Å². The Balaban J connectivity index is 1.84. The van der Waals surface area contributed by atoms with Crippen LogP contribution in [0.5, 0.6) is 5.75 Å². The molecule has 2 aromatic carbocycles. The molecule has 1 N–H and O–H groups in total. The van der Waals surface area contributed by atoms with Gasteiger partial charge < -0.3 is 9.84 Å². The smallest absolute Gasteiger partial charge is 0.335 e. The highest BCUT2D eigenvalue weighted by molar-refractivity contribution is 5.87. The number of hydrogen-bond acceptors (Lipinski definition) is 2. The molecule has 0 amide bonds. The van der Waals surface area contributed by atoms with Crippen molar-refractivity contribution in [3.63, 3.8) is 0 Å². The summed E-state index contributed by atoms with van der Waals surface area (Å²) in [7, 11) is 1.66. The van der Waals surface area contributed by atoms with Crippen molar-refractivity contribution in [3.8, 4) is 5.75 Å². The van der Waals surface area contributed by atoms with E-state index in [1.54, 1.807) is 19.2 Å². The highest BCUT2D eigenvalue weighted by Gasteiger charge is 2.02. The molecule has 0 aliphatic rings. The highest BCUT2D eigenvalue weighted by atomic mass is 16.5. The van der Waals surface area contributed by atoms with Crippen molar-refractivity contribution in [2.45, 2.75) is 19.3 Å². The molecule has 2 rings (SSSR count). The molecular formula is C17H18O3. The largest absolute Gasteiger partial charge is 0.497 e. The monoisotopic (exact) mass is 270 g/mol. The zero-order valence-corrected chi connectivity index (χ0v) is 11.5. The van der Waals surface area contributed by atoms with E-state index in [0.29, 0.717) is 5.56 Å². The highest BCUT2D eigenvalue weighted by Crippen LogP contribution is 2.14. The summed E-state index contributed by atoms with van der Waals surface area (Å²) in [6, 6.07) is 15.2. The van der Waals surface area contributed by atoms with Crippen LogP contribution in [-0.2, 0) is 12.8 Å². The number of methoxy groups -OCH3 is 1. The quantitative estimate of drug-likeness (QED) is 0.872. The van der Waals surface area contributed by atoms with Gasteiger partial charge in [0.15, 0.2) is 0 Å². The number of aryl methyl sites for hydroxylation is 2. The molecule has 3 nitrogen and oxygen atoms in total. The number of carboxylic acid groups (broad SMARTS) is 1. The van der Waals surface area contributed by atoms with E-state index in [4.69, 9.17) is 9.84 Å². The van der Waals surface area contributed by atoms with E-state index in [0.717, 1.165) is 25.0 Å². The second-order valence-electron chi connectivity index (χ2n) is 4.70. The Morgan fingerprint density at radius 1 is 0.950 bits per heavy atom. The second kappa shape index (κ2) is 6.75. The van der Waals surface area contributed by atoms with Crippen molar-refractivity contribution in [1.82, 2.24) is 0 Å². The average molecular weight is 270 g/mol. The SMILES string of the molecule is COc1ccc(CCCc2ccc(C(=O)O)cc2)cc1. The summed E-state index contributed by atoms with van der Waals surface area (Å²) in [6.07, 6.45) is 3.00. The molecular weight excluding hydrogens is 252 g/mol. The van der Waals surface area contributed by atoms with Crippen LogP contribution in [0.3, 0.4) is 0 Å². The number of benzene rings is 2. The van der Waals surface area contributed by atoms with E-state index >= 15 is 0 Å². The van der Waals surface area contributed by atoms with Crippen LogP contribution in [0.1, 0.15) is 27.9 Å². The molecule has 0 saturated carbocycles. The molecule has 0 aliphatic carbocycles. The zero-order chi connectivity index (χ0) is 14.4. The number of ether oxygens (including phenoxy) is 1. The molecule has 0 spiro atoms. The molecule has 0 heterocycles. The molecule has 2 aromatic rings. The fraction of sp³-hybridized carbons (Fsp3) is 0.235. The first-order valence-electron chi connectivity index (χ1n) is 6.64. The summed E-state index contributed by atoms with van der Waals surface area (Å²) in [4.78, 5) is 10.8. The third-order valence-electron chi connectivity index (χ3n) is 3.29. The number of hydrogen-bond donors (Lipinski definition) is 1. The predicted octanol–water partition coefficient (Wildman–Crippen LogP) is 3.57. The Morgan fingerprint density at radius 2 is 1.45 bits per heavy atom. The van der Waals surface area contributed by atoms with Crippen LogP contribution in [0.15, 0.2) is 48.5 Å². The predicted molar refractivity (Wildman–Crippen MR) is 78.4 cm³/mol. The van der Waals surface area contributed by atoms with E-state index in [1.807, 2.05) is 24.3 Å². The topological polar surface area (TPSA) is 46.5 Å². The van der Waals surface area contributed by atoms with Crippen LogP contribution in [0, 0.1) is 0 Å². The van der Waals surface area contributed by atoms with Crippen molar-refractivity contribution >= 4 is 5.97 Å². The van der Waals surface area contributed by atoms with Crippen molar-refractivity contribution in [1.29, 1.82) is 0 Å². The molecule has 20 heavy (non-hydrogen) atoms. The van der Waals surface area contributed by atoms with Gasteiger partial charge in [0.1, 0.15) is 5.75 Å². The van der Waals surface area contributed by atoms with Gasteiger partial charge in [-0.05, 0) is 54.7 Å². The van der Waals surface area contributed by atoms with Crippen molar-refractivity contribution in [2.24, 2.45) is 0 Å². The summed E-state index contributed by atoms with van der Waals surface area (Å²) in [5.41, 5.74) is 2.79. The van der Waals surface area contributed by atoms with Gasteiger partial charge in [0.05, 0.1) is 12.7 Å². The lowest BCUT2D eigenvalue weighted by atomic mass is 10.0. The third kappa shape index (κ3) is 3.85. The van der Waals surface area contributed by atoms with Gasteiger partial charge in [-0.25, -0.2) is 4.79 Å². The molecule has 0 bridgehead atoms. The average Bonchev–Trinajstić information content (AvgIpc) is 2.48. The van der Waals surface area contributed by atoms with Gasteiger partial charge in [0.2, 0.25) is 0 Å². The van der Waals surface area contributed by atoms with E-state index in [2.05, 4.69) is 12.1 Å². The van der Waals surface area contributed by atoms with E-state index < -0.39 is 5.97 Å². The lowest BCUT2D eigenvalue weighted by Crippen LogP contribution is -1.96. The Labute approximate surface area is 118 Å². The van der Waals surface area contributed by atoms with Crippen molar-refractivity contribution in [3.05, 3.63) is 65.2 Å². The van der Waals surface area contributed by atoms with Crippen LogP contribution in [0.4, 0.5) is 0 Å². The summed E-state index contributed by atoms with van der Waals surface area (Å²) in [5.74, 6) is -0.00667. The number of rotatable bonds is 6. The van der Waals surface area contributed by atoms with Crippen LogP contribution in [0.2, 0.25) is 0 Å². The van der Waals surface area contributed by atoms with Crippen LogP contribution >= 0.6 is 0 Å². The van der Waals surface area contributed by atoms with E-state index in [1.165, 1.54) is 11.1 Å². The van der Waals surface area contributed by atoms with E-state index in [9.17, 15) is 4.79 Å². The molecule has 0 saturated heterocycles. The molecule has 0 radical (unpaired) electrons. The molecule has 0 atom stereocenters. The Bertz CT molecular complexity index is 556. The van der Waals surface area contributed by atoms with Gasteiger partial charge in [0, 0.05) is 0 Å². The first-order valence-corrected chi connectivity index (χ1v) is 6.64. The van der Waals surface area contributed by atoms with Gasteiger partial charge in [-0.3, -0.25) is 0 Å². The minimum absolute atomic E-state index is 0.337. The maximum Gasteiger partial charge on any atom is 0.335 e. The van der Waals surface area contributed by atoms with Gasteiger partial charge >= 0.3 is 5.97 Å². The standard InChI is InChI=1S/C17H18O3/c1-20-16-11-7-14(8-12-16)4-2-3-13-5-9-15(10-6-13)17(18)19/h5-12H,2-4H2,1H3,(H,18,19). The number of aromatic carboxylic acids is 1. The summed E-state index contributed by atoms with van der Waals surface area (Å²) < 4.78 is 5.13. The first kappa shape index (κ1) is 14.1. The fourth-order valence-corrected chi connectivity index (χ4v) is 2.10. The lowest BCUT2D eigenvalue weighted by Gasteiger charge is -2.04. The minimum Gasteiger partial charge on any atom is -0.497 e. The maximum atomic E-state index is 10.8. The number of carboxylic acids is 1. The molecule has 104 valence electrons. The zero-order valence-electron chi connectivity index (χ0n) is 11.5. The Kier molecular flexibility index (Phi) is 4.77. The lowest BCUT2D eigenvalue weighted by molar-refractivity contribution is 0.0697. The van der Waals surface area contributed by atoms with Gasteiger partial charge in [0.25, 0.3) is 0 Å².